The van der Waals surface area contributed by atoms with Crippen LogP contribution in [-0.2, 0) is 0 Å². The number of hydrogen-bond donors (Lipinski definition) is 0. The molecule has 0 saturated carbocycles. The third-order valence-electron chi connectivity index (χ3n) is 5.70. The summed E-state index contributed by atoms with van der Waals surface area (Å²) in [6, 6.07) is 21.3. The molecular weight excluding hydrogens is 398 g/mol. The number of carbonyl (C=O) groups is 1. The van der Waals surface area contributed by atoms with Gasteiger partial charge in [-0.15, -0.1) is 0 Å². The Morgan fingerprint density at radius 1 is 0.967 bits per heavy atom. The van der Waals surface area contributed by atoms with Crippen LogP contribution in [0.4, 0.5) is 0 Å². The zero-order valence-electron chi connectivity index (χ0n) is 16.3. The number of rotatable bonds is 3. The lowest BCUT2D eigenvalue weighted by molar-refractivity contribution is 0.0706. The van der Waals surface area contributed by atoms with Crippen molar-refractivity contribution < 1.29 is 9.32 Å². The molecule has 0 radical (unpaired) electrons. The lowest BCUT2D eigenvalue weighted by Gasteiger charge is -2.30. The highest BCUT2D eigenvalue weighted by Gasteiger charge is 2.28. The quantitative estimate of drug-likeness (QED) is 0.437. The smallest absolute Gasteiger partial charge is 0.254 e. The molecule has 30 heavy (non-hydrogen) atoms. The molecule has 0 bridgehead atoms. The number of halogens is 1. The second kappa shape index (κ2) is 7.92. The topological polar surface area (TPSA) is 59.2 Å². The van der Waals surface area contributed by atoms with E-state index in [4.69, 9.17) is 16.1 Å². The summed E-state index contributed by atoms with van der Waals surface area (Å²) in [7, 11) is 0. The molecule has 150 valence electrons. The van der Waals surface area contributed by atoms with Crippen molar-refractivity contribution in [2.24, 2.45) is 0 Å². The molecule has 0 aliphatic carbocycles. The Morgan fingerprint density at radius 2 is 1.70 bits per heavy atom. The van der Waals surface area contributed by atoms with Crippen LogP contribution in [-0.4, -0.2) is 34.0 Å². The molecule has 6 heteroatoms. The van der Waals surface area contributed by atoms with Gasteiger partial charge in [-0.05, 0) is 53.9 Å². The molecule has 3 aromatic carbocycles. The van der Waals surface area contributed by atoms with Gasteiger partial charge >= 0.3 is 0 Å². The molecule has 0 N–H and O–H groups in total. The number of nitrogens with zero attached hydrogens (tertiary/aromatic N) is 3. The molecule has 1 saturated heterocycles. The summed E-state index contributed by atoms with van der Waals surface area (Å²) >= 11 is 5.95. The fourth-order valence-corrected chi connectivity index (χ4v) is 4.16. The van der Waals surface area contributed by atoms with E-state index in [1.807, 2.05) is 71.6 Å². The number of likely N-dealkylation sites (tertiary alicyclic amines) is 1. The van der Waals surface area contributed by atoms with Crippen molar-refractivity contribution in [2.45, 2.75) is 18.8 Å². The third-order valence-corrected chi connectivity index (χ3v) is 5.95. The Hall–Kier alpha value is -3.18. The second-order valence-corrected chi connectivity index (χ2v) is 7.99. The number of hydrogen-bond acceptors (Lipinski definition) is 4. The minimum Gasteiger partial charge on any atom is -0.339 e. The number of aromatic nitrogens is 2. The lowest BCUT2D eigenvalue weighted by atomic mass is 9.95. The van der Waals surface area contributed by atoms with Crippen LogP contribution < -0.4 is 0 Å². The summed E-state index contributed by atoms with van der Waals surface area (Å²) in [6.45, 7) is 1.34. The maximum absolute atomic E-state index is 13.1. The van der Waals surface area contributed by atoms with Crippen molar-refractivity contribution in [2.75, 3.05) is 13.1 Å². The molecule has 1 aliphatic rings. The van der Waals surface area contributed by atoms with E-state index in [-0.39, 0.29) is 11.8 Å². The van der Waals surface area contributed by atoms with Crippen molar-refractivity contribution in [3.05, 3.63) is 83.2 Å². The van der Waals surface area contributed by atoms with E-state index in [0.717, 1.165) is 34.7 Å². The summed E-state index contributed by atoms with van der Waals surface area (Å²) in [5, 5.41) is 6.87. The van der Waals surface area contributed by atoms with Crippen molar-refractivity contribution in [3.63, 3.8) is 0 Å². The average Bonchev–Trinajstić information content (AvgIpc) is 3.29. The molecule has 1 aliphatic heterocycles. The van der Waals surface area contributed by atoms with Gasteiger partial charge < -0.3 is 9.42 Å². The van der Waals surface area contributed by atoms with E-state index >= 15 is 0 Å². The van der Waals surface area contributed by atoms with Gasteiger partial charge in [0.15, 0.2) is 0 Å². The van der Waals surface area contributed by atoms with Crippen molar-refractivity contribution in [1.29, 1.82) is 0 Å². The van der Waals surface area contributed by atoms with Gasteiger partial charge in [-0.1, -0.05) is 53.2 Å². The van der Waals surface area contributed by atoms with Gasteiger partial charge in [0.25, 0.3) is 5.91 Å². The molecule has 0 spiro atoms. The average molecular weight is 418 g/mol. The van der Waals surface area contributed by atoms with Crippen molar-refractivity contribution >= 4 is 28.3 Å². The van der Waals surface area contributed by atoms with Crippen LogP contribution in [0.2, 0.25) is 5.02 Å². The van der Waals surface area contributed by atoms with Crippen molar-refractivity contribution in [1.82, 2.24) is 15.0 Å². The highest BCUT2D eigenvalue weighted by Crippen LogP contribution is 2.30. The molecule has 0 unspecified atom stereocenters. The maximum atomic E-state index is 13.1. The first-order valence-corrected chi connectivity index (χ1v) is 10.4. The summed E-state index contributed by atoms with van der Waals surface area (Å²) in [5.74, 6) is 1.45. The van der Waals surface area contributed by atoms with Gasteiger partial charge in [-0.3, -0.25) is 4.79 Å². The van der Waals surface area contributed by atoms with Crippen LogP contribution in [0.3, 0.4) is 0 Å². The standard InChI is InChI=1S/C24H20ClN3O2/c25-19-10-8-17(9-11-19)22-26-23(30-27-22)18-12-14-28(15-13-18)24(29)21-7-3-5-16-4-1-2-6-20(16)21/h1-11,18H,12-15H2. The molecule has 1 fully saturated rings. The van der Waals surface area contributed by atoms with E-state index in [0.29, 0.717) is 29.8 Å². The highest BCUT2D eigenvalue weighted by molar-refractivity contribution is 6.30. The molecule has 5 rings (SSSR count). The van der Waals surface area contributed by atoms with Crippen molar-refractivity contribution in [3.8, 4) is 11.4 Å². The predicted octanol–water partition coefficient (Wildman–Crippen LogP) is 5.56. The van der Waals surface area contributed by atoms with E-state index in [1.54, 1.807) is 0 Å². The zero-order chi connectivity index (χ0) is 20.5. The van der Waals surface area contributed by atoms with Gasteiger partial charge in [-0.25, -0.2) is 0 Å². The molecule has 2 heterocycles. The van der Waals surface area contributed by atoms with Crippen LogP contribution in [0.1, 0.15) is 35.0 Å². The molecule has 0 atom stereocenters. The summed E-state index contributed by atoms with van der Waals surface area (Å²) in [4.78, 5) is 19.6. The van der Waals surface area contributed by atoms with Crippen LogP contribution in [0.25, 0.3) is 22.2 Å². The first-order chi connectivity index (χ1) is 14.7. The molecule has 1 aromatic heterocycles. The highest BCUT2D eigenvalue weighted by atomic mass is 35.5. The Bertz CT molecular complexity index is 1190. The van der Waals surface area contributed by atoms with Gasteiger partial charge in [0, 0.05) is 35.2 Å². The molecule has 1 amide bonds. The Balaban J connectivity index is 1.28. The number of benzene rings is 3. The SMILES string of the molecule is O=C(c1cccc2ccccc12)N1CCC(c2nc(-c3ccc(Cl)cc3)no2)CC1. The number of fused-ring (bicyclic) bond motifs is 1. The number of amides is 1. The van der Waals surface area contributed by atoms with E-state index in [9.17, 15) is 4.79 Å². The monoisotopic (exact) mass is 417 g/mol. The van der Waals surface area contributed by atoms with Gasteiger partial charge in [0.05, 0.1) is 0 Å². The molecule has 5 nitrogen and oxygen atoms in total. The predicted molar refractivity (Wildman–Crippen MR) is 117 cm³/mol. The van der Waals surface area contributed by atoms with Gasteiger partial charge in [-0.2, -0.15) is 4.98 Å². The molecule has 4 aromatic rings. The van der Waals surface area contributed by atoms with Gasteiger partial charge in [0.1, 0.15) is 0 Å². The van der Waals surface area contributed by atoms with Crippen LogP contribution >= 0.6 is 11.6 Å². The Labute approximate surface area is 179 Å². The Morgan fingerprint density at radius 3 is 2.50 bits per heavy atom. The largest absolute Gasteiger partial charge is 0.339 e. The van der Waals surface area contributed by atoms with Gasteiger partial charge in [0.2, 0.25) is 11.7 Å². The Kier molecular flexibility index (Phi) is 4.97. The number of carbonyl (C=O) groups excluding carboxylic acids is 1. The first-order valence-electron chi connectivity index (χ1n) is 10.1. The summed E-state index contributed by atoms with van der Waals surface area (Å²) in [6.07, 6.45) is 1.61. The first kappa shape index (κ1) is 18.8. The lowest BCUT2D eigenvalue weighted by Crippen LogP contribution is -2.38. The van der Waals surface area contributed by atoms with E-state index in [2.05, 4.69) is 10.1 Å². The zero-order valence-corrected chi connectivity index (χ0v) is 17.0. The second-order valence-electron chi connectivity index (χ2n) is 7.56. The fraction of sp³-hybridized carbons (Fsp3) is 0.208. The fourth-order valence-electron chi connectivity index (χ4n) is 4.03. The van der Waals surface area contributed by atoms with Crippen LogP contribution in [0.15, 0.2) is 71.3 Å². The van der Waals surface area contributed by atoms with Crippen LogP contribution in [0, 0.1) is 0 Å². The number of piperidine rings is 1. The van der Waals surface area contributed by atoms with E-state index < -0.39 is 0 Å². The minimum absolute atomic E-state index is 0.0811. The molecular formula is C24H20ClN3O2. The normalized spacial score (nSPS) is 14.9. The third kappa shape index (κ3) is 3.57. The minimum atomic E-state index is 0.0811. The summed E-state index contributed by atoms with van der Waals surface area (Å²) in [5.41, 5.74) is 1.63. The van der Waals surface area contributed by atoms with E-state index in [1.165, 1.54) is 0 Å². The maximum Gasteiger partial charge on any atom is 0.254 e. The summed E-state index contributed by atoms with van der Waals surface area (Å²) < 4.78 is 5.53. The van der Waals surface area contributed by atoms with Crippen LogP contribution in [0.5, 0.6) is 0 Å².